The van der Waals surface area contributed by atoms with Crippen LogP contribution in [0.25, 0.3) is 0 Å². The molecule has 0 bridgehead atoms. The van der Waals surface area contributed by atoms with Gasteiger partial charge in [-0.2, -0.15) is 0 Å². The third-order valence-corrected chi connectivity index (χ3v) is 1.31. The first kappa shape index (κ1) is 7.54. The summed E-state index contributed by atoms with van der Waals surface area (Å²) in [5, 5.41) is 6.37. The van der Waals surface area contributed by atoms with Gasteiger partial charge in [0.2, 0.25) is 5.13 Å². The zero-order chi connectivity index (χ0) is 7.78. The van der Waals surface area contributed by atoms with E-state index in [4.69, 9.17) is 16.7 Å². The summed E-state index contributed by atoms with van der Waals surface area (Å²) in [5.41, 5.74) is 0. The molecule has 0 aromatic rings. The average Bonchev–Trinajstić information content (AvgIpc) is 1.54. The van der Waals surface area contributed by atoms with Gasteiger partial charge in [0.25, 0.3) is 0 Å². The van der Waals surface area contributed by atoms with Crippen LogP contribution < -0.4 is 0 Å². The van der Waals surface area contributed by atoms with E-state index >= 15 is 0 Å². The van der Waals surface area contributed by atoms with Gasteiger partial charge in [-0.25, -0.2) is 8.78 Å². The summed E-state index contributed by atoms with van der Waals surface area (Å²) >= 11 is 5.08. The molecule has 1 aliphatic carbocycles. The Morgan fingerprint density at radius 1 is 1.70 bits per heavy atom. The molecule has 0 amide bonds. The molecule has 0 saturated carbocycles. The minimum absolute atomic E-state index is 0.471. The lowest BCUT2D eigenvalue weighted by molar-refractivity contribution is 0.299. The minimum Gasteiger partial charge on any atom is -0.508 e. The van der Waals surface area contributed by atoms with Crippen molar-refractivity contribution in [2.24, 2.45) is 0 Å². The van der Waals surface area contributed by atoms with E-state index in [1.54, 1.807) is 0 Å². The topological polar surface area (TPSA) is 20.2 Å². The summed E-state index contributed by atoms with van der Waals surface area (Å²) in [6.45, 7) is 0. The third kappa shape index (κ3) is 1.70. The summed E-state index contributed by atoms with van der Waals surface area (Å²) in [5.74, 6) is -1.22. The van der Waals surface area contributed by atoms with Crippen molar-refractivity contribution < 1.29 is 13.9 Å². The van der Waals surface area contributed by atoms with E-state index in [0.717, 1.165) is 12.2 Å². The van der Waals surface area contributed by atoms with Gasteiger partial charge in [-0.1, -0.05) is 11.6 Å². The highest BCUT2D eigenvalue weighted by Gasteiger charge is 2.29. The second-order valence-electron chi connectivity index (χ2n) is 2.10. The molecule has 0 aromatic carbocycles. The lowest BCUT2D eigenvalue weighted by Gasteiger charge is -2.15. The van der Waals surface area contributed by atoms with E-state index in [1.807, 2.05) is 0 Å². The van der Waals surface area contributed by atoms with Crippen LogP contribution in [0.3, 0.4) is 0 Å². The molecule has 0 aromatic heterocycles. The Bertz CT molecular complexity index is 208. The van der Waals surface area contributed by atoms with Crippen molar-refractivity contribution in [3.05, 3.63) is 23.7 Å². The van der Waals surface area contributed by atoms with Gasteiger partial charge < -0.3 is 5.11 Å². The van der Waals surface area contributed by atoms with E-state index in [2.05, 4.69) is 0 Å². The van der Waals surface area contributed by atoms with Crippen molar-refractivity contribution in [2.75, 3.05) is 0 Å². The van der Waals surface area contributed by atoms with Crippen LogP contribution in [0.5, 0.6) is 0 Å². The fraction of sp³-hybridized carbons (Fsp3) is 0.333. The van der Waals surface area contributed by atoms with Gasteiger partial charge in [0.15, 0.2) is 0 Å². The molecule has 1 N–H and O–H groups in total. The summed E-state index contributed by atoms with van der Waals surface area (Å²) < 4.78 is 24.9. The number of rotatable bonds is 0. The highest BCUT2D eigenvalue weighted by Crippen LogP contribution is 2.33. The molecule has 1 nitrogen and oxygen atoms in total. The second kappa shape index (κ2) is 2.23. The van der Waals surface area contributed by atoms with Crippen LogP contribution in [0, 0.1) is 0 Å². The summed E-state index contributed by atoms with van der Waals surface area (Å²) in [6, 6.07) is 0. The predicted octanol–water partition coefficient (Wildman–Crippen LogP) is 2.59. The van der Waals surface area contributed by atoms with Gasteiger partial charge in [0.1, 0.15) is 11.6 Å². The van der Waals surface area contributed by atoms with Crippen molar-refractivity contribution in [1.29, 1.82) is 0 Å². The monoisotopic (exact) mass is 166 g/mol. The van der Waals surface area contributed by atoms with E-state index in [9.17, 15) is 8.78 Å². The molecule has 1 atom stereocenters. The van der Waals surface area contributed by atoms with Gasteiger partial charge in [0.05, 0.1) is 6.42 Å². The largest absolute Gasteiger partial charge is 0.508 e. The fourth-order valence-corrected chi connectivity index (χ4v) is 0.985. The summed E-state index contributed by atoms with van der Waals surface area (Å²) in [4.78, 5) is 0. The number of aliphatic hydroxyl groups excluding tert-OH is 1. The summed E-state index contributed by atoms with van der Waals surface area (Å²) in [7, 11) is 0. The molecule has 1 rings (SSSR count). The maximum Gasteiger partial charge on any atom is 0.212 e. The molecule has 4 heteroatoms. The molecule has 0 aliphatic heterocycles. The van der Waals surface area contributed by atoms with E-state index in [1.165, 1.54) is 0 Å². The molecule has 1 aliphatic rings. The first-order valence-electron chi connectivity index (χ1n) is 2.65. The normalized spacial score (nSPS) is 33.1. The van der Waals surface area contributed by atoms with Crippen molar-refractivity contribution in [3.8, 4) is 0 Å². The molecular weight excluding hydrogens is 162 g/mol. The number of hydrogen-bond donors (Lipinski definition) is 1. The summed E-state index contributed by atoms with van der Waals surface area (Å²) in [6.07, 6.45) is 1.08. The highest BCUT2D eigenvalue weighted by atomic mass is 35.5. The Balaban J connectivity index is 2.88. The highest BCUT2D eigenvalue weighted by molar-refractivity contribution is 6.24. The zero-order valence-electron chi connectivity index (χ0n) is 4.94. The van der Waals surface area contributed by atoms with Crippen LogP contribution in [0.1, 0.15) is 6.42 Å². The predicted molar refractivity (Wildman–Crippen MR) is 34.2 cm³/mol. The van der Waals surface area contributed by atoms with Gasteiger partial charge in [-0.3, -0.25) is 0 Å². The van der Waals surface area contributed by atoms with E-state index in [-0.39, 0.29) is 0 Å². The molecule has 0 heterocycles. The third-order valence-electron chi connectivity index (χ3n) is 1.07. The van der Waals surface area contributed by atoms with Crippen molar-refractivity contribution in [2.45, 2.75) is 11.5 Å². The lowest BCUT2D eigenvalue weighted by atomic mass is 10.1. The first-order chi connectivity index (χ1) is 4.49. The SMILES string of the molecule is OC1=CC(F)(Cl)CC(F)=C1. The lowest BCUT2D eigenvalue weighted by Crippen LogP contribution is -2.14. The molecule has 0 saturated heterocycles. The van der Waals surface area contributed by atoms with Crippen LogP contribution in [-0.4, -0.2) is 10.2 Å². The number of halogens is 3. The van der Waals surface area contributed by atoms with Gasteiger partial charge >= 0.3 is 0 Å². The van der Waals surface area contributed by atoms with Crippen LogP contribution in [0.2, 0.25) is 0 Å². The number of aliphatic hydroxyl groups is 1. The molecule has 1 unspecified atom stereocenters. The number of allylic oxidation sites excluding steroid dienone is 3. The maximum atomic E-state index is 12.6. The van der Waals surface area contributed by atoms with E-state index < -0.39 is 23.1 Å². The molecule has 0 spiro atoms. The van der Waals surface area contributed by atoms with Crippen molar-refractivity contribution in [1.82, 2.24) is 0 Å². The molecule has 0 fully saturated rings. The number of hydrogen-bond acceptors (Lipinski definition) is 1. The molecule has 56 valence electrons. The zero-order valence-corrected chi connectivity index (χ0v) is 5.70. The first-order valence-corrected chi connectivity index (χ1v) is 3.03. The maximum absolute atomic E-state index is 12.6. The fourth-order valence-electron chi connectivity index (χ4n) is 0.746. The Morgan fingerprint density at radius 3 is 2.70 bits per heavy atom. The Kier molecular flexibility index (Phi) is 1.68. The second-order valence-corrected chi connectivity index (χ2v) is 2.73. The average molecular weight is 167 g/mol. The van der Waals surface area contributed by atoms with Crippen molar-refractivity contribution >= 4 is 11.6 Å². The smallest absolute Gasteiger partial charge is 0.212 e. The standard InChI is InChI=1S/C6H5ClF2O/c7-6(9)2-4(8)1-5(10)3-6/h1,3,10H,2H2. The minimum atomic E-state index is -2.26. The van der Waals surface area contributed by atoms with Crippen LogP contribution >= 0.6 is 11.6 Å². The molecular formula is C6H5ClF2O. The molecule has 10 heavy (non-hydrogen) atoms. The van der Waals surface area contributed by atoms with E-state index in [0.29, 0.717) is 0 Å². The molecule has 0 radical (unpaired) electrons. The quantitative estimate of drug-likeness (QED) is 0.549. The number of alkyl halides is 2. The Labute approximate surface area is 61.6 Å². The van der Waals surface area contributed by atoms with Crippen molar-refractivity contribution in [3.63, 3.8) is 0 Å². The van der Waals surface area contributed by atoms with Gasteiger partial charge in [0, 0.05) is 12.2 Å². The van der Waals surface area contributed by atoms with Gasteiger partial charge in [-0.15, -0.1) is 0 Å². The van der Waals surface area contributed by atoms with Crippen LogP contribution in [-0.2, 0) is 0 Å². The Morgan fingerprint density at radius 2 is 2.30 bits per heavy atom. The Hall–Kier alpha value is -0.570. The van der Waals surface area contributed by atoms with Crippen LogP contribution in [0.4, 0.5) is 8.78 Å². The van der Waals surface area contributed by atoms with Gasteiger partial charge in [-0.05, 0) is 0 Å². The van der Waals surface area contributed by atoms with Crippen LogP contribution in [0.15, 0.2) is 23.7 Å².